The van der Waals surface area contributed by atoms with Gasteiger partial charge in [0.25, 0.3) is 0 Å². The summed E-state index contributed by atoms with van der Waals surface area (Å²) in [6.45, 7) is 2.59. The molecular weight excluding hydrogens is 156 g/mol. The smallest absolute Gasteiger partial charge is 0.223 e. The van der Waals surface area contributed by atoms with Gasteiger partial charge in [-0.25, -0.2) is 0 Å². The number of nitriles is 1. The summed E-state index contributed by atoms with van der Waals surface area (Å²) < 4.78 is 5.10. The molecule has 66 valence electrons. The Balaban J connectivity index is 2.26. The molecule has 0 spiro atoms. The number of carbonyl (C=O) groups excluding carboxylic acids is 1. The summed E-state index contributed by atoms with van der Waals surface area (Å²) in [6.07, 6.45) is 0.659. The minimum absolute atomic E-state index is 0.0693. The third kappa shape index (κ3) is 2.51. The maximum atomic E-state index is 11.3. The number of hydrogen-bond donors (Lipinski definition) is 0. The quantitative estimate of drug-likeness (QED) is 0.589. The van der Waals surface area contributed by atoms with Crippen molar-refractivity contribution in [2.45, 2.75) is 12.8 Å². The second-order valence-corrected chi connectivity index (χ2v) is 2.65. The number of nitrogens with zero attached hydrogens (tertiary/aromatic N) is 2. The molecule has 4 nitrogen and oxygen atoms in total. The molecule has 0 atom stereocenters. The van der Waals surface area contributed by atoms with Gasteiger partial charge in [-0.15, -0.1) is 0 Å². The molecule has 1 heterocycles. The van der Waals surface area contributed by atoms with Crippen LogP contribution in [0, 0.1) is 11.3 Å². The van der Waals surface area contributed by atoms with Gasteiger partial charge in [-0.3, -0.25) is 4.79 Å². The molecule has 0 aromatic rings. The molecule has 0 unspecified atom stereocenters. The van der Waals surface area contributed by atoms with Gasteiger partial charge in [0, 0.05) is 25.9 Å². The van der Waals surface area contributed by atoms with Crippen molar-refractivity contribution in [3.05, 3.63) is 0 Å². The minimum Gasteiger partial charge on any atom is -0.378 e. The maximum absolute atomic E-state index is 11.3. The zero-order valence-electron chi connectivity index (χ0n) is 6.95. The molecule has 0 aliphatic carbocycles. The first kappa shape index (κ1) is 9.01. The number of rotatable bonds is 2. The predicted molar refractivity (Wildman–Crippen MR) is 42.2 cm³/mol. The Morgan fingerprint density at radius 2 is 2.17 bits per heavy atom. The summed E-state index contributed by atoms with van der Waals surface area (Å²) in [4.78, 5) is 13.0. The Morgan fingerprint density at radius 1 is 1.50 bits per heavy atom. The van der Waals surface area contributed by atoms with Crippen molar-refractivity contribution in [2.75, 3.05) is 26.3 Å². The van der Waals surface area contributed by atoms with E-state index in [0.29, 0.717) is 39.1 Å². The van der Waals surface area contributed by atoms with Crippen LogP contribution in [0.3, 0.4) is 0 Å². The molecule has 0 saturated carbocycles. The molecule has 0 N–H and O–H groups in total. The standard InChI is InChI=1S/C8H12N2O2/c9-3-1-2-8(11)10-4-6-12-7-5-10/h1-2,4-7H2. The highest BCUT2D eigenvalue weighted by Crippen LogP contribution is 2.01. The zero-order valence-corrected chi connectivity index (χ0v) is 6.95. The number of morpholine rings is 1. The van der Waals surface area contributed by atoms with Gasteiger partial charge in [0.05, 0.1) is 19.3 Å². The van der Waals surface area contributed by atoms with Gasteiger partial charge in [-0.1, -0.05) is 0 Å². The topological polar surface area (TPSA) is 53.3 Å². The summed E-state index contributed by atoms with van der Waals surface area (Å²) in [5, 5.41) is 8.27. The van der Waals surface area contributed by atoms with Crippen molar-refractivity contribution in [1.29, 1.82) is 5.26 Å². The van der Waals surface area contributed by atoms with Crippen LogP contribution in [0.25, 0.3) is 0 Å². The van der Waals surface area contributed by atoms with Crippen LogP contribution in [-0.2, 0) is 9.53 Å². The van der Waals surface area contributed by atoms with Crippen LogP contribution < -0.4 is 0 Å². The molecule has 1 aliphatic heterocycles. The lowest BCUT2D eigenvalue weighted by Crippen LogP contribution is -2.40. The van der Waals surface area contributed by atoms with Crippen LogP contribution in [0.1, 0.15) is 12.8 Å². The molecule has 0 aromatic carbocycles. The van der Waals surface area contributed by atoms with Gasteiger partial charge in [0.1, 0.15) is 0 Å². The molecule has 1 amide bonds. The fourth-order valence-corrected chi connectivity index (χ4v) is 1.13. The summed E-state index contributed by atoms with van der Waals surface area (Å²) in [6, 6.07) is 1.96. The van der Waals surface area contributed by atoms with Crippen LogP contribution in [0.2, 0.25) is 0 Å². The normalized spacial score (nSPS) is 17.1. The number of ether oxygens (including phenoxy) is 1. The molecule has 0 radical (unpaired) electrons. The molecule has 1 rings (SSSR count). The third-order valence-corrected chi connectivity index (χ3v) is 1.81. The van der Waals surface area contributed by atoms with E-state index in [0.717, 1.165) is 0 Å². The highest BCUT2D eigenvalue weighted by atomic mass is 16.5. The lowest BCUT2D eigenvalue weighted by atomic mass is 10.3. The van der Waals surface area contributed by atoms with Crippen LogP contribution in [0.5, 0.6) is 0 Å². The van der Waals surface area contributed by atoms with E-state index in [2.05, 4.69) is 0 Å². The van der Waals surface area contributed by atoms with E-state index >= 15 is 0 Å². The highest BCUT2D eigenvalue weighted by molar-refractivity contribution is 5.76. The summed E-state index contributed by atoms with van der Waals surface area (Å²) >= 11 is 0. The zero-order chi connectivity index (χ0) is 8.81. The highest BCUT2D eigenvalue weighted by Gasteiger charge is 2.15. The third-order valence-electron chi connectivity index (χ3n) is 1.81. The second kappa shape index (κ2) is 4.73. The number of amides is 1. The van der Waals surface area contributed by atoms with Crippen LogP contribution in [-0.4, -0.2) is 37.1 Å². The molecule has 1 fully saturated rings. The minimum atomic E-state index is 0.0693. The van der Waals surface area contributed by atoms with E-state index in [9.17, 15) is 4.79 Å². The summed E-state index contributed by atoms with van der Waals surface area (Å²) in [7, 11) is 0. The van der Waals surface area contributed by atoms with Crippen LogP contribution in [0.15, 0.2) is 0 Å². The van der Waals surface area contributed by atoms with Crippen molar-refractivity contribution in [2.24, 2.45) is 0 Å². The van der Waals surface area contributed by atoms with Crippen molar-refractivity contribution in [1.82, 2.24) is 4.90 Å². The lowest BCUT2D eigenvalue weighted by Gasteiger charge is -2.26. The Kier molecular flexibility index (Phi) is 3.55. The first-order valence-corrected chi connectivity index (χ1v) is 4.07. The summed E-state index contributed by atoms with van der Waals surface area (Å²) in [5.41, 5.74) is 0. The Labute approximate surface area is 71.7 Å². The SMILES string of the molecule is N#CCCC(=O)N1CCOCC1. The van der Waals surface area contributed by atoms with Gasteiger partial charge in [0.2, 0.25) is 5.91 Å². The van der Waals surface area contributed by atoms with Gasteiger partial charge < -0.3 is 9.64 Å². The number of hydrogen-bond acceptors (Lipinski definition) is 3. The molecule has 1 aliphatic rings. The van der Waals surface area contributed by atoms with E-state index in [1.165, 1.54) is 0 Å². The Morgan fingerprint density at radius 3 is 2.75 bits per heavy atom. The van der Waals surface area contributed by atoms with Crippen LogP contribution in [0.4, 0.5) is 0 Å². The monoisotopic (exact) mass is 168 g/mol. The van der Waals surface area contributed by atoms with Gasteiger partial charge in [-0.05, 0) is 0 Å². The first-order valence-electron chi connectivity index (χ1n) is 4.07. The molecule has 0 aromatic heterocycles. The second-order valence-electron chi connectivity index (χ2n) is 2.65. The molecule has 0 bridgehead atoms. The van der Waals surface area contributed by atoms with Crippen molar-refractivity contribution < 1.29 is 9.53 Å². The van der Waals surface area contributed by atoms with Gasteiger partial charge in [0.15, 0.2) is 0 Å². The fraction of sp³-hybridized carbons (Fsp3) is 0.750. The van der Waals surface area contributed by atoms with E-state index < -0.39 is 0 Å². The van der Waals surface area contributed by atoms with E-state index in [4.69, 9.17) is 10.00 Å². The molecular formula is C8H12N2O2. The largest absolute Gasteiger partial charge is 0.378 e. The Hall–Kier alpha value is -1.08. The predicted octanol–water partition coefficient (Wildman–Crippen LogP) is 0.149. The fourth-order valence-electron chi connectivity index (χ4n) is 1.13. The maximum Gasteiger partial charge on any atom is 0.223 e. The molecule has 4 heteroatoms. The average molecular weight is 168 g/mol. The lowest BCUT2D eigenvalue weighted by molar-refractivity contribution is -0.135. The van der Waals surface area contributed by atoms with E-state index in [1.54, 1.807) is 4.90 Å². The van der Waals surface area contributed by atoms with E-state index in [1.807, 2.05) is 6.07 Å². The average Bonchev–Trinajstić information content (AvgIpc) is 2.15. The van der Waals surface area contributed by atoms with Crippen molar-refractivity contribution in [3.8, 4) is 6.07 Å². The molecule has 12 heavy (non-hydrogen) atoms. The van der Waals surface area contributed by atoms with Crippen molar-refractivity contribution in [3.63, 3.8) is 0 Å². The van der Waals surface area contributed by atoms with Crippen LogP contribution >= 0.6 is 0 Å². The Bertz CT molecular complexity index is 192. The van der Waals surface area contributed by atoms with Gasteiger partial charge >= 0.3 is 0 Å². The van der Waals surface area contributed by atoms with E-state index in [-0.39, 0.29) is 5.91 Å². The molecule has 1 saturated heterocycles. The number of carbonyl (C=O) groups is 1. The first-order chi connectivity index (χ1) is 5.84. The van der Waals surface area contributed by atoms with Crippen molar-refractivity contribution >= 4 is 5.91 Å². The summed E-state index contributed by atoms with van der Waals surface area (Å²) in [5.74, 6) is 0.0693. The van der Waals surface area contributed by atoms with Gasteiger partial charge in [-0.2, -0.15) is 5.26 Å².